The van der Waals surface area contributed by atoms with Crippen LogP contribution in [0.15, 0.2) is 36.4 Å². The molecular weight excluding hydrogens is 285 g/mol. The fourth-order valence-corrected chi connectivity index (χ4v) is 2.34. The van der Waals surface area contributed by atoms with Crippen LogP contribution in [0, 0.1) is 12.7 Å². The maximum atomic E-state index is 13.6. The number of nitrogens with one attached hydrogen (secondary N) is 1. The number of rotatable bonds is 3. The van der Waals surface area contributed by atoms with Crippen LogP contribution >= 0.6 is 0 Å². The molecule has 1 N–H and O–H groups in total. The van der Waals surface area contributed by atoms with Gasteiger partial charge in [-0.25, -0.2) is 4.39 Å². The number of halogens is 1. The predicted molar refractivity (Wildman–Crippen MR) is 79.7 cm³/mol. The minimum Gasteiger partial charge on any atom is -0.486 e. The van der Waals surface area contributed by atoms with Crippen molar-refractivity contribution in [2.75, 3.05) is 13.2 Å². The normalized spacial score (nSPS) is 12.8. The lowest BCUT2D eigenvalue weighted by Crippen LogP contribution is -2.24. The topological polar surface area (TPSA) is 47.6 Å². The summed E-state index contributed by atoms with van der Waals surface area (Å²) in [7, 11) is 0. The molecule has 4 nitrogen and oxygen atoms in total. The molecule has 0 fully saturated rings. The number of hydrogen-bond donors (Lipinski definition) is 1. The molecule has 0 unspecified atom stereocenters. The Kier molecular flexibility index (Phi) is 3.96. The Labute approximate surface area is 127 Å². The van der Waals surface area contributed by atoms with Crippen molar-refractivity contribution in [1.29, 1.82) is 0 Å². The van der Waals surface area contributed by atoms with E-state index in [1.54, 1.807) is 12.1 Å². The van der Waals surface area contributed by atoms with Crippen molar-refractivity contribution in [3.05, 3.63) is 58.9 Å². The monoisotopic (exact) mass is 301 g/mol. The summed E-state index contributed by atoms with van der Waals surface area (Å²) in [5.74, 6) is 0.422. The van der Waals surface area contributed by atoms with E-state index in [-0.39, 0.29) is 5.56 Å². The van der Waals surface area contributed by atoms with E-state index >= 15 is 0 Å². The first kappa shape index (κ1) is 14.4. The summed E-state index contributed by atoms with van der Waals surface area (Å²) in [4.78, 5) is 12.0. The third-order valence-electron chi connectivity index (χ3n) is 3.56. The zero-order chi connectivity index (χ0) is 15.5. The fraction of sp³-hybridized carbons (Fsp3) is 0.235. The first-order valence-electron chi connectivity index (χ1n) is 7.07. The number of fused-ring (bicyclic) bond motifs is 1. The molecule has 0 saturated heterocycles. The van der Waals surface area contributed by atoms with E-state index in [1.165, 1.54) is 12.1 Å². The Morgan fingerprint density at radius 3 is 2.59 bits per heavy atom. The maximum absolute atomic E-state index is 13.6. The number of amides is 1. The number of carbonyl (C=O) groups excluding carboxylic acids is 1. The lowest BCUT2D eigenvalue weighted by atomic mass is 10.1. The first-order chi connectivity index (χ1) is 10.6. The molecular formula is C17H16FNO3. The van der Waals surface area contributed by atoms with Crippen LogP contribution in [0.5, 0.6) is 11.5 Å². The summed E-state index contributed by atoms with van der Waals surface area (Å²) >= 11 is 0. The molecule has 0 aromatic heterocycles. The summed E-state index contributed by atoms with van der Waals surface area (Å²) in [6.45, 7) is 3.28. The molecule has 2 aromatic rings. The molecule has 0 radical (unpaired) electrons. The smallest absolute Gasteiger partial charge is 0.254 e. The molecule has 1 amide bonds. The highest BCUT2D eigenvalue weighted by Crippen LogP contribution is 2.32. The molecule has 1 heterocycles. The molecule has 3 rings (SSSR count). The largest absolute Gasteiger partial charge is 0.486 e. The standard InChI is InChI=1S/C17H16FNO3/c1-11-8-15-16(22-7-6-21-15)9-12(11)10-19-17(20)13-4-2-3-5-14(13)18/h2-5,8-9H,6-7,10H2,1H3,(H,19,20). The minimum atomic E-state index is -0.529. The maximum Gasteiger partial charge on any atom is 0.254 e. The average Bonchev–Trinajstić information content (AvgIpc) is 2.53. The average molecular weight is 301 g/mol. The molecule has 1 aliphatic heterocycles. The Hall–Kier alpha value is -2.56. The van der Waals surface area contributed by atoms with Crippen molar-refractivity contribution in [1.82, 2.24) is 5.32 Å². The van der Waals surface area contributed by atoms with Crippen LogP contribution in [0.3, 0.4) is 0 Å². The van der Waals surface area contributed by atoms with Crippen LogP contribution in [0.25, 0.3) is 0 Å². The molecule has 0 spiro atoms. The van der Waals surface area contributed by atoms with Crippen molar-refractivity contribution in [3.63, 3.8) is 0 Å². The summed E-state index contributed by atoms with van der Waals surface area (Å²) in [6.07, 6.45) is 0. The van der Waals surface area contributed by atoms with Crippen molar-refractivity contribution < 1.29 is 18.7 Å². The van der Waals surface area contributed by atoms with Crippen LogP contribution in [0.4, 0.5) is 4.39 Å². The second-order valence-electron chi connectivity index (χ2n) is 5.08. The molecule has 5 heteroatoms. The zero-order valence-corrected chi connectivity index (χ0v) is 12.2. The molecule has 0 atom stereocenters. The minimum absolute atomic E-state index is 0.0395. The van der Waals surface area contributed by atoms with Gasteiger partial charge in [-0.15, -0.1) is 0 Å². The summed E-state index contributed by atoms with van der Waals surface area (Å²) in [5.41, 5.74) is 1.93. The van der Waals surface area contributed by atoms with Gasteiger partial charge in [-0.3, -0.25) is 4.79 Å². The van der Waals surface area contributed by atoms with E-state index in [0.717, 1.165) is 11.1 Å². The molecule has 2 aromatic carbocycles. The summed E-state index contributed by atoms with van der Waals surface area (Å²) < 4.78 is 24.6. The van der Waals surface area contributed by atoms with Crippen molar-refractivity contribution >= 4 is 5.91 Å². The Balaban J connectivity index is 1.74. The lowest BCUT2D eigenvalue weighted by Gasteiger charge is -2.20. The molecule has 0 aliphatic carbocycles. The van der Waals surface area contributed by atoms with E-state index < -0.39 is 11.7 Å². The van der Waals surface area contributed by atoms with E-state index in [0.29, 0.717) is 31.3 Å². The first-order valence-corrected chi connectivity index (χ1v) is 7.07. The lowest BCUT2D eigenvalue weighted by molar-refractivity contribution is 0.0946. The van der Waals surface area contributed by atoms with Gasteiger partial charge in [-0.2, -0.15) is 0 Å². The van der Waals surface area contributed by atoms with E-state index in [4.69, 9.17) is 9.47 Å². The molecule has 0 saturated carbocycles. The molecule has 114 valence electrons. The van der Waals surface area contributed by atoms with Gasteiger partial charge < -0.3 is 14.8 Å². The zero-order valence-electron chi connectivity index (χ0n) is 12.2. The van der Waals surface area contributed by atoms with Gasteiger partial charge >= 0.3 is 0 Å². The summed E-state index contributed by atoms with van der Waals surface area (Å²) in [5, 5.41) is 2.73. The Morgan fingerprint density at radius 2 is 1.86 bits per heavy atom. The van der Waals surface area contributed by atoms with Gasteiger partial charge in [-0.05, 0) is 42.3 Å². The fourth-order valence-electron chi connectivity index (χ4n) is 2.34. The van der Waals surface area contributed by atoms with Crippen LogP contribution < -0.4 is 14.8 Å². The number of carbonyl (C=O) groups is 1. The molecule has 22 heavy (non-hydrogen) atoms. The second-order valence-corrected chi connectivity index (χ2v) is 5.08. The molecule has 1 aliphatic rings. The highest BCUT2D eigenvalue weighted by molar-refractivity contribution is 5.94. The van der Waals surface area contributed by atoms with Crippen LogP contribution in [0.2, 0.25) is 0 Å². The van der Waals surface area contributed by atoms with Crippen molar-refractivity contribution in [3.8, 4) is 11.5 Å². The van der Waals surface area contributed by atoms with Crippen LogP contribution in [-0.4, -0.2) is 19.1 Å². The third kappa shape index (κ3) is 2.88. The quantitative estimate of drug-likeness (QED) is 0.948. The highest BCUT2D eigenvalue weighted by Gasteiger charge is 2.15. The van der Waals surface area contributed by atoms with Gasteiger partial charge in [0.1, 0.15) is 19.0 Å². The van der Waals surface area contributed by atoms with Crippen LogP contribution in [-0.2, 0) is 6.54 Å². The second kappa shape index (κ2) is 6.05. The van der Waals surface area contributed by atoms with Gasteiger partial charge in [0.2, 0.25) is 0 Å². The van der Waals surface area contributed by atoms with Gasteiger partial charge in [-0.1, -0.05) is 12.1 Å². The number of aryl methyl sites for hydroxylation is 1. The van der Waals surface area contributed by atoms with Gasteiger partial charge in [0, 0.05) is 6.54 Å². The Bertz CT molecular complexity index is 715. The van der Waals surface area contributed by atoms with Gasteiger partial charge in [0.25, 0.3) is 5.91 Å². The van der Waals surface area contributed by atoms with E-state index in [2.05, 4.69) is 5.32 Å². The number of ether oxygens (including phenoxy) is 2. The molecule has 0 bridgehead atoms. The number of benzene rings is 2. The predicted octanol–water partition coefficient (Wildman–Crippen LogP) is 2.84. The Morgan fingerprint density at radius 1 is 1.18 bits per heavy atom. The number of hydrogen-bond acceptors (Lipinski definition) is 3. The third-order valence-corrected chi connectivity index (χ3v) is 3.56. The van der Waals surface area contributed by atoms with Gasteiger partial charge in [0.15, 0.2) is 11.5 Å². The SMILES string of the molecule is Cc1cc2c(cc1CNC(=O)c1ccccc1F)OCCO2. The van der Waals surface area contributed by atoms with Crippen molar-refractivity contribution in [2.45, 2.75) is 13.5 Å². The summed E-state index contributed by atoms with van der Waals surface area (Å²) in [6, 6.07) is 9.65. The van der Waals surface area contributed by atoms with Gasteiger partial charge in [0.05, 0.1) is 5.56 Å². The van der Waals surface area contributed by atoms with E-state index in [9.17, 15) is 9.18 Å². The van der Waals surface area contributed by atoms with E-state index in [1.807, 2.05) is 19.1 Å². The highest BCUT2D eigenvalue weighted by atomic mass is 19.1. The van der Waals surface area contributed by atoms with Crippen LogP contribution in [0.1, 0.15) is 21.5 Å². The van der Waals surface area contributed by atoms with Crippen molar-refractivity contribution in [2.24, 2.45) is 0 Å².